The maximum Gasteiger partial charge on any atom is 0.338 e. The molecule has 4 saturated carbocycles. The van der Waals surface area contributed by atoms with E-state index < -0.39 is 18.0 Å². The van der Waals surface area contributed by atoms with E-state index in [9.17, 15) is 19.5 Å². The number of carbonyl (C=O) groups excluding carboxylic acids is 3. The second kappa shape index (κ2) is 12.7. The number of methoxy groups -OCH3 is 1. The number of esters is 2. The van der Waals surface area contributed by atoms with Gasteiger partial charge in [-0.05, 0) is 123 Å². The first-order valence-electron chi connectivity index (χ1n) is 16.3. The lowest BCUT2D eigenvalue weighted by molar-refractivity contribution is -0.146. The summed E-state index contributed by atoms with van der Waals surface area (Å²) in [5, 5.41) is 13.1. The SMILES string of the molecule is COC(=O)[C@@H](COC(=O)c1ccccc1)NC(=O)CC[C@@H](C)[C@H]1CC[C@H]2[C@@H]3CC[C@@H]4C[C@H](O)CC[C@]4(C)[C@H]3CC[C@]12C. The van der Waals surface area contributed by atoms with Gasteiger partial charge in [0.25, 0.3) is 0 Å². The van der Waals surface area contributed by atoms with Gasteiger partial charge < -0.3 is 19.9 Å². The lowest BCUT2D eigenvalue weighted by Crippen LogP contribution is -2.54. The first kappa shape index (κ1) is 31.0. The first-order valence-corrected chi connectivity index (χ1v) is 16.3. The Morgan fingerprint density at radius 3 is 2.43 bits per heavy atom. The largest absolute Gasteiger partial charge is 0.467 e. The van der Waals surface area contributed by atoms with Crippen molar-refractivity contribution in [3.05, 3.63) is 35.9 Å². The molecule has 4 aliphatic rings. The van der Waals surface area contributed by atoms with Gasteiger partial charge >= 0.3 is 11.9 Å². The van der Waals surface area contributed by atoms with Crippen LogP contribution in [0.3, 0.4) is 0 Å². The molecular weight excluding hydrogens is 530 g/mol. The van der Waals surface area contributed by atoms with E-state index >= 15 is 0 Å². The number of ether oxygens (including phenoxy) is 2. The number of hydrogen-bond donors (Lipinski definition) is 2. The smallest absolute Gasteiger partial charge is 0.338 e. The van der Waals surface area contributed by atoms with Crippen LogP contribution in [-0.2, 0) is 19.1 Å². The molecule has 232 valence electrons. The predicted molar refractivity (Wildman–Crippen MR) is 160 cm³/mol. The Morgan fingerprint density at radius 2 is 1.69 bits per heavy atom. The first-order chi connectivity index (χ1) is 20.1. The highest BCUT2D eigenvalue weighted by Crippen LogP contribution is 2.68. The Balaban J connectivity index is 1.15. The summed E-state index contributed by atoms with van der Waals surface area (Å²) in [5.74, 6) is 2.62. The van der Waals surface area contributed by atoms with Crippen LogP contribution in [0.25, 0.3) is 0 Å². The van der Waals surface area contributed by atoms with E-state index in [-0.39, 0.29) is 18.6 Å². The Kier molecular flexibility index (Phi) is 9.36. The second-order valence-corrected chi connectivity index (χ2v) is 14.4. The average Bonchev–Trinajstić information content (AvgIpc) is 3.35. The molecule has 10 atom stereocenters. The maximum absolute atomic E-state index is 13.0. The molecule has 0 aliphatic heterocycles. The van der Waals surface area contributed by atoms with E-state index in [1.54, 1.807) is 30.3 Å². The highest BCUT2D eigenvalue weighted by molar-refractivity contribution is 5.90. The van der Waals surface area contributed by atoms with E-state index in [2.05, 4.69) is 26.1 Å². The van der Waals surface area contributed by atoms with Crippen LogP contribution >= 0.6 is 0 Å². The molecule has 4 fully saturated rings. The molecule has 0 saturated heterocycles. The summed E-state index contributed by atoms with van der Waals surface area (Å²) in [5.41, 5.74) is 1.09. The molecule has 5 rings (SSSR count). The van der Waals surface area contributed by atoms with Gasteiger partial charge in [0, 0.05) is 6.42 Å². The van der Waals surface area contributed by atoms with Crippen molar-refractivity contribution in [3.8, 4) is 0 Å². The zero-order valence-electron chi connectivity index (χ0n) is 26.0. The molecule has 1 aromatic carbocycles. The van der Waals surface area contributed by atoms with E-state index in [0.29, 0.717) is 40.6 Å². The fourth-order valence-electron chi connectivity index (χ4n) is 10.2. The van der Waals surface area contributed by atoms with Gasteiger partial charge in [0.15, 0.2) is 6.04 Å². The summed E-state index contributed by atoms with van der Waals surface area (Å²) in [6, 6.07) is 7.53. The highest BCUT2D eigenvalue weighted by atomic mass is 16.5. The third-order valence-electron chi connectivity index (χ3n) is 12.4. The van der Waals surface area contributed by atoms with Crippen LogP contribution in [0.2, 0.25) is 0 Å². The molecule has 0 heterocycles. The summed E-state index contributed by atoms with van der Waals surface area (Å²) in [6.45, 7) is 7.11. The number of rotatable bonds is 9. The van der Waals surface area contributed by atoms with Crippen LogP contribution in [0.5, 0.6) is 0 Å². The van der Waals surface area contributed by atoms with Crippen molar-refractivity contribution in [1.82, 2.24) is 5.32 Å². The molecule has 7 nitrogen and oxygen atoms in total. The molecule has 7 heteroatoms. The van der Waals surface area contributed by atoms with Crippen LogP contribution in [0.4, 0.5) is 0 Å². The predicted octanol–water partition coefficient (Wildman–Crippen LogP) is 5.94. The number of hydrogen-bond acceptors (Lipinski definition) is 6. The molecule has 0 bridgehead atoms. The molecule has 2 N–H and O–H groups in total. The van der Waals surface area contributed by atoms with Crippen LogP contribution in [0, 0.1) is 46.3 Å². The summed E-state index contributed by atoms with van der Waals surface area (Å²) >= 11 is 0. The summed E-state index contributed by atoms with van der Waals surface area (Å²) < 4.78 is 10.2. The van der Waals surface area contributed by atoms with Crippen molar-refractivity contribution in [2.75, 3.05) is 13.7 Å². The van der Waals surface area contributed by atoms with Crippen LogP contribution in [0.1, 0.15) is 102 Å². The van der Waals surface area contributed by atoms with Crippen LogP contribution < -0.4 is 5.32 Å². The lowest BCUT2D eigenvalue weighted by Gasteiger charge is -2.61. The van der Waals surface area contributed by atoms with Crippen molar-refractivity contribution >= 4 is 17.8 Å². The van der Waals surface area contributed by atoms with Gasteiger partial charge in [-0.2, -0.15) is 0 Å². The molecule has 0 aromatic heterocycles. The zero-order valence-corrected chi connectivity index (χ0v) is 26.0. The van der Waals surface area contributed by atoms with Crippen molar-refractivity contribution in [1.29, 1.82) is 0 Å². The summed E-state index contributed by atoms with van der Waals surface area (Å²) in [6.07, 6.45) is 11.8. The van der Waals surface area contributed by atoms with Crippen molar-refractivity contribution in [3.63, 3.8) is 0 Å². The Morgan fingerprint density at radius 1 is 0.976 bits per heavy atom. The fraction of sp³-hybridized carbons (Fsp3) is 0.743. The van der Waals surface area contributed by atoms with Gasteiger partial charge in [-0.1, -0.05) is 39.0 Å². The maximum atomic E-state index is 13.0. The normalized spacial score (nSPS) is 36.9. The number of aliphatic hydroxyl groups is 1. The van der Waals surface area contributed by atoms with Gasteiger partial charge in [0.1, 0.15) is 6.61 Å². The summed E-state index contributed by atoms with van der Waals surface area (Å²) in [4.78, 5) is 37.7. The topological polar surface area (TPSA) is 102 Å². The lowest BCUT2D eigenvalue weighted by atomic mass is 9.44. The van der Waals surface area contributed by atoms with E-state index in [4.69, 9.17) is 9.47 Å². The van der Waals surface area contributed by atoms with Gasteiger partial charge in [0.05, 0.1) is 18.8 Å². The minimum atomic E-state index is -1.04. The molecular formula is C35H51NO6. The average molecular weight is 582 g/mol. The Labute approximate surface area is 251 Å². The number of amides is 1. The number of carbonyl (C=O) groups is 3. The number of aliphatic hydroxyl groups excluding tert-OH is 1. The zero-order chi connectivity index (χ0) is 30.1. The second-order valence-electron chi connectivity index (χ2n) is 14.4. The molecule has 4 aliphatic carbocycles. The van der Waals surface area contributed by atoms with E-state index in [1.165, 1.54) is 52.1 Å². The summed E-state index contributed by atoms with van der Waals surface area (Å²) in [7, 11) is 1.26. The molecule has 42 heavy (non-hydrogen) atoms. The Hall–Kier alpha value is -2.41. The fourth-order valence-corrected chi connectivity index (χ4v) is 10.2. The number of benzene rings is 1. The minimum absolute atomic E-state index is 0.102. The molecule has 1 amide bonds. The van der Waals surface area contributed by atoms with E-state index in [0.717, 1.165) is 37.0 Å². The Bertz CT molecular complexity index is 1120. The molecule has 0 spiro atoms. The number of nitrogens with one attached hydrogen (secondary N) is 1. The van der Waals surface area contributed by atoms with Crippen LogP contribution in [-0.4, -0.2) is 48.8 Å². The van der Waals surface area contributed by atoms with Gasteiger partial charge in [0.2, 0.25) is 5.91 Å². The van der Waals surface area contributed by atoms with Gasteiger partial charge in [-0.15, -0.1) is 0 Å². The van der Waals surface area contributed by atoms with Crippen LogP contribution in [0.15, 0.2) is 30.3 Å². The monoisotopic (exact) mass is 581 g/mol. The number of fused-ring (bicyclic) bond motifs is 5. The molecule has 0 radical (unpaired) electrons. The standard InChI is InChI=1S/C35H51NO6/c1-22(10-15-31(38)36-30(33(40)41-4)21-42-32(39)23-8-6-5-7-9-23)27-13-14-28-26-12-11-24-20-25(37)16-18-34(24,2)29(26)17-19-35(27,28)3/h5-9,22,24-30,37H,10-21H2,1-4H3,(H,36,38)/t22-,24-,25-,26+,27-,28+,29+,30-,34+,35-/m1/s1. The minimum Gasteiger partial charge on any atom is -0.467 e. The van der Waals surface area contributed by atoms with Gasteiger partial charge in [-0.25, -0.2) is 9.59 Å². The van der Waals surface area contributed by atoms with Crippen molar-refractivity contribution in [2.24, 2.45) is 46.3 Å². The van der Waals surface area contributed by atoms with Crippen molar-refractivity contribution < 1.29 is 29.0 Å². The molecule has 1 aromatic rings. The van der Waals surface area contributed by atoms with Crippen molar-refractivity contribution in [2.45, 2.75) is 104 Å². The van der Waals surface area contributed by atoms with Gasteiger partial charge in [-0.3, -0.25) is 4.79 Å². The molecule has 0 unspecified atom stereocenters. The third kappa shape index (κ3) is 6.00. The quantitative estimate of drug-likeness (QED) is 0.350. The highest BCUT2D eigenvalue weighted by Gasteiger charge is 2.60. The van der Waals surface area contributed by atoms with E-state index in [1.807, 2.05) is 0 Å². The third-order valence-corrected chi connectivity index (χ3v) is 12.4.